The van der Waals surface area contributed by atoms with Gasteiger partial charge in [0.1, 0.15) is 6.33 Å². The van der Waals surface area contributed by atoms with Crippen LogP contribution in [0, 0.1) is 0 Å². The molecule has 78 valence electrons. The van der Waals surface area contributed by atoms with Gasteiger partial charge in [0.2, 0.25) is 0 Å². The molecule has 1 aromatic carbocycles. The van der Waals surface area contributed by atoms with Crippen LogP contribution in [-0.4, -0.2) is 9.36 Å². The Morgan fingerprint density at radius 1 is 1.47 bits per heavy atom. The van der Waals surface area contributed by atoms with Gasteiger partial charge in [-0.05, 0) is 23.2 Å². The van der Waals surface area contributed by atoms with Crippen LogP contribution in [0.3, 0.4) is 0 Å². The third-order valence-electron chi connectivity index (χ3n) is 1.80. The lowest BCUT2D eigenvalue weighted by Crippen LogP contribution is -1.98. The van der Waals surface area contributed by atoms with Gasteiger partial charge in [0.05, 0.1) is 5.02 Å². The van der Waals surface area contributed by atoms with Crippen molar-refractivity contribution in [1.29, 1.82) is 0 Å². The van der Waals surface area contributed by atoms with Crippen LogP contribution in [0.25, 0.3) is 0 Å². The summed E-state index contributed by atoms with van der Waals surface area (Å²) in [6.45, 7) is 0.474. The number of rotatable bonds is 3. The molecule has 0 fully saturated rings. The van der Waals surface area contributed by atoms with E-state index < -0.39 is 0 Å². The first-order chi connectivity index (χ1) is 7.31. The molecule has 0 radical (unpaired) electrons. The Labute approximate surface area is 101 Å². The number of benzene rings is 1. The van der Waals surface area contributed by atoms with E-state index in [0.717, 1.165) is 14.8 Å². The van der Waals surface area contributed by atoms with Gasteiger partial charge >= 0.3 is 0 Å². The van der Waals surface area contributed by atoms with Crippen LogP contribution >= 0.6 is 34.9 Å². The highest BCUT2D eigenvalue weighted by Crippen LogP contribution is 2.36. The van der Waals surface area contributed by atoms with Crippen molar-refractivity contribution < 1.29 is 0 Å². The molecule has 0 spiro atoms. The van der Waals surface area contributed by atoms with Crippen LogP contribution in [0.4, 0.5) is 0 Å². The minimum Gasteiger partial charge on any atom is -0.326 e. The minimum atomic E-state index is 0.474. The fourth-order valence-electron chi connectivity index (χ4n) is 1.12. The summed E-state index contributed by atoms with van der Waals surface area (Å²) in [5.74, 6) is 0. The second-order valence-corrected chi connectivity index (χ2v) is 5.19. The molecule has 0 saturated heterocycles. The Kier molecular flexibility index (Phi) is 3.58. The lowest BCUT2D eigenvalue weighted by Gasteiger charge is -2.06. The van der Waals surface area contributed by atoms with Crippen molar-refractivity contribution in [3.8, 4) is 0 Å². The minimum absolute atomic E-state index is 0.474. The summed E-state index contributed by atoms with van der Waals surface area (Å²) < 4.78 is 4.81. The standard InChI is InChI=1S/C9H8ClN3S2/c10-7-3-1-2-6(4-11)8(7)14-9-12-5-13-15-9/h1-3,5H,4,11H2. The van der Waals surface area contributed by atoms with Crippen molar-refractivity contribution in [1.82, 2.24) is 9.36 Å². The van der Waals surface area contributed by atoms with Crippen LogP contribution in [0.15, 0.2) is 33.8 Å². The fraction of sp³-hybridized carbons (Fsp3) is 0.111. The first-order valence-electron chi connectivity index (χ1n) is 4.23. The molecule has 15 heavy (non-hydrogen) atoms. The molecule has 6 heteroatoms. The molecule has 0 saturated carbocycles. The van der Waals surface area contributed by atoms with Gasteiger partial charge in [-0.15, -0.1) is 0 Å². The zero-order valence-electron chi connectivity index (χ0n) is 7.68. The molecule has 2 rings (SSSR count). The molecule has 2 N–H and O–H groups in total. The van der Waals surface area contributed by atoms with E-state index in [1.165, 1.54) is 29.6 Å². The topological polar surface area (TPSA) is 51.8 Å². The lowest BCUT2D eigenvalue weighted by atomic mass is 10.2. The Bertz CT molecular complexity index is 445. The summed E-state index contributed by atoms with van der Waals surface area (Å²) in [6.07, 6.45) is 1.53. The maximum Gasteiger partial charge on any atom is 0.174 e. The predicted octanol–water partition coefficient (Wildman–Crippen LogP) is 2.80. The van der Waals surface area contributed by atoms with Crippen LogP contribution < -0.4 is 5.73 Å². The summed E-state index contributed by atoms with van der Waals surface area (Å²) in [4.78, 5) is 5.07. The average molecular weight is 258 g/mol. The molecule has 0 atom stereocenters. The molecule has 1 heterocycles. The Morgan fingerprint density at radius 2 is 2.33 bits per heavy atom. The Morgan fingerprint density at radius 3 is 3.00 bits per heavy atom. The number of aromatic nitrogens is 2. The molecule has 2 aromatic rings. The van der Waals surface area contributed by atoms with E-state index in [1.807, 2.05) is 18.2 Å². The van der Waals surface area contributed by atoms with E-state index in [9.17, 15) is 0 Å². The van der Waals surface area contributed by atoms with Gasteiger partial charge in [-0.2, -0.15) is 4.37 Å². The molecular weight excluding hydrogens is 250 g/mol. The number of hydrogen-bond donors (Lipinski definition) is 1. The smallest absolute Gasteiger partial charge is 0.174 e. The maximum absolute atomic E-state index is 6.11. The molecule has 0 amide bonds. The van der Waals surface area contributed by atoms with Crippen LogP contribution in [0.1, 0.15) is 5.56 Å². The van der Waals surface area contributed by atoms with Gasteiger partial charge in [-0.25, -0.2) is 4.98 Å². The second kappa shape index (κ2) is 4.94. The van der Waals surface area contributed by atoms with E-state index in [2.05, 4.69) is 9.36 Å². The molecule has 0 bridgehead atoms. The number of halogens is 1. The summed E-state index contributed by atoms with van der Waals surface area (Å²) in [5, 5.41) is 0.707. The van der Waals surface area contributed by atoms with Crippen molar-refractivity contribution in [3.05, 3.63) is 35.1 Å². The SMILES string of the molecule is NCc1cccc(Cl)c1Sc1ncns1. The molecule has 0 aliphatic heterocycles. The molecule has 1 aromatic heterocycles. The van der Waals surface area contributed by atoms with Crippen molar-refractivity contribution >= 4 is 34.9 Å². The normalized spacial score (nSPS) is 10.5. The zero-order valence-corrected chi connectivity index (χ0v) is 10.1. The van der Waals surface area contributed by atoms with E-state index >= 15 is 0 Å². The van der Waals surface area contributed by atoms with Crippen LogP contribution in [0.2, 0.25) is 5.02 Å². The Hall–Kier alpha value is -0.620. The van der Waals surface area contributed by atoms with Crippen LogP contribution in [-0.2, 0) is 6.54 Å². The number of hydrogen-bond acceptors (Lipinski definition) is 5. The average Bonchev–Trinajstić information content (AvgIpc) is 2.74. The molecule has 3 nitrogen and oxygen atoms in total. The van der Waals surface area contributed by atoms with Gasteiger partial charge in [0.15, 0.2) is 4.34 Å². The van der Waals surface area contributed by atoms with E-state index in [-0.39, 0.29) is 0 Å². The number of nitrogens with zero attached hydrogens (tertiary/aromatic N) is 2. The lowest BCUT2D eigenvalue weighted by molar-refractivity contribution is 1.03. The number of nitrogens with two attached hydrogens (primary N) is 1. The van der Waals surface area contributed by atoms with Gasteiger partial charge < -0.3 is 5.73 Å². The first-order valence-corrected chi connectivity index (χ1v) is 6.20. The quantitative estimate of drug-likeness (QED) is 0.919. The summed E-state index contributed by atoms with van der Waals surface area (Å²) in [6, 6.07) is 5.72. The molecule has 0 aliphatic rings. The summed E-state index contributed by atoms with van der Waals surface area (Å²) >= 11 is 8.96. The first kappa shape index (κ1) is 10.9. The highest BCUT2D eigenvalue weighted by atomic mass is 35.5. The zero-order chi connectivity index (χ0) is 10.7. The molecule has 0 unspecified atom stereocenters. The molecule has 0 aliphatic carbocycles. The highest BCUT2D eigenvalue weighted by Gasteiger charge is 2.09. The van der Waals surface area contributed by atoms with Gasteiger partial charge in [-0.1, -0.05) is 35.5 Å². The van der Waals surface area contributed by atoms with Crippen molar-refractivity contribution in [2.45, 2.75) is 15.8 Å². The van der Waals surface area contributed by atoms with Crippen molar-refractivity contribution in [3.63, 3.8) is 0 Å². The van der Waals surface area contributed by atoms with Gasteiger partial charge in [0, 0.05) is 11.4 Å². The van der Waals surface area contributed by atoms with Gasteiger partial charge in [-0.3, -0.25) is 0 Å². The third kappa shape index (κ3) is 2.49. The second-order valence-electron chi connectivity index (χ2n) is 2.74. The predicted molar refractivity (Wildman–Crippen MR) is 63.4 cm³/mol. The van der Waals surface area contributed by atoms with Crippen molar-refractivity contribution in [2.75, 3.05) is 0 Å². The summed E-state index contributed by atoms with van der Waals surface area (Å²) in [7, 11) is 0. The third-order valence-corrected chi connectivity index (χ3v) is 4.13. The largest absolute Gasteiger partial charge is 0.326 e. The van der Waals surface area contributed by atoms with Crippen molar-refractivity contribution in [2.24, 2.45) is 5.73 Å². The van der Waals surface area contributed by atoms with E-state index in [0.29, 0.717) is 11.6 Å². The maximum atomic E-state index is 6.11. The fourth-order valence-corrected chi connectivity index (χ4v) is 2.96. The molecular formula is C9H8ClN3S2. The van der Waals surface area contributed by atoms with Gasteiger partial charge in [0.25, 0.3) is 0 Å². The monoisotopic (exact) mass is 257 g/mol. The Balaban J connectivity index is 2.34. The van der Waals surface area contributed by atoms with Crippen LogP contribution in [0.5, 0.6) is 0 Å². The highest BCUT2D eigenvalue weighted by molar-refractivity contribution is 8.01. The van der Waals surface area contributed by atoms with E-state index in [4.69, 9.17) is 17.3 Å². The summed E-state index contributed by atoms with van der Waals surface area (Å²) in [5.41, 5.74) is 6.67. The van der Waals surface area contributed by atoms with E-state index in [1.54, 1.807) is 0 Å².